The largest absolute Gasteiger partial charge is 0.444 e. The number of ether oxygens (including phenoxy) is 2. The van der Waals surface area contributed by atoms with Crippen molar-refractivity contribution >= 4 is 35.0 Å². The monoisotopic (exact) mass is 558 g/mol. The van der Waals surface area contributed by atoms with Crippen LogP contribution in [0.15, 0.2) is 60.8 Å². The molecule has 0 radical (unpaired) electrons. The van der Waals surface area contributed by atoms with Crippen LogP contribution < -0.4 is 15.5 Å². The molecular formula is C31H38N6O4. The predicted molar refractivity (Wildman–Crippen MR) is 159 cm³/mol. The number of anilines is 4. The molecule has 3 heterocycles. The molecule has 2 aromatic carbocycles. The van der Waals surface area contributed by atoms with E-state index < -0.39 is 17.2 Å². The number of hydrogen-bond acceptors (Lipinski definition) is 8. The summed E-state index contributed by atoms with van der Waals surface area (Å²) in [6, 6.07) is 17.5. The van der Waals surface area contributed by atoms with E-state index in [1.54, 1.807) is 13.1 Å². The van der Waals surface area contributed by atoms with Crippen molar-refractivity contribution in [1.29, 1.82) is 0 Å². The number of morpholine rings is 1. The van der Waals surface area contributed by atoms with Crippen molar-refractivity contribution in [3.05, 3.63) is 60.8 Å². The van der Waals surface area contributed by atoms with Gasteiger partial charge in [0.1, 0.15) is 11.1 Å². The number of amides is 2. The Labute approximate surface area is 241 Å². The zero-order valence-electron chi connectivity index (χ0n) is 24.1. The molecular weight excluding hydrogens is 520 g/mol. The number of rotatable bonds is 6. The molecule has 3 aromatic rings. The van der Waals surface area contributed by atoms with Crippen LogP contribution in [0.1, 0.15) is 40.5 Å². The van der Waals surface area contributed by atoms with E-state index in [0.717, 1.165) is 49.7 Å². The van der Waals surface area contributed by atoms with Crippen molar-refractivity contribution in [3.8, 4) is 11.3 Å². The summed E-state index contributed by atoms with van der Waals surface area (Å²) in [4.78, 5) is 39.0. The number of carbonyl (C=O) groups excluding carboxylic acids is 2. The molecule has 2 aliphatic rings. The van der Waals surface area contributed by atoms with Crippen LogP contribution in [0.3, 0.4) is 0 Å². The number of hydrogen-bond donors (Lipinski definition) is 2. The molecule has 0 aliphatic carbocycles. The normalized spacial score (nSPS) is 19.1. The highest BCUT2D eigenvalue weighted by Crippen LogP contribution is 2.32. The maximum absolute atomic E-state index is 13.3. The van der Waals surface area contributed by atoms with Gasteiger partial charge in [0, 0.05) is 48.5 Å². The SMILES string of the molecule is CC(C)(C)OC(=O)N1CCCC1(C)C(=O)Nc1ccc(-c2ccnc(Nc3ccc(N4CCOCC4)cc3)n2)cc1. The van der Waals surface area contributed by atoms with Crippen LogP contribution in [0.4, 0.5) is 27.8 Å². The second-order valence-corrected chi connectivity index (χ2v) is 11.6. The summed E-state index contributed by atoms with van der Waals surface area (Å²) in [6.07, 6.45) is 2.56. The van der Waals surface area contributed by atoms with Crippen LogP contribution in [0.5, 0.6) is 0 Å². The Morgan fingerprint density at radius 2 is 1.63 bits per heavy atom. The number of benzene rings is 2. The fourth-order valence-electron chi connectivity index (χ4n) is 5.09. The van der Waals surface area contributed by atoms with Crippen LogP contribution in [0.25, 0.3) is 11.3 Å². The maximum atomic E-state index is 13.3. The van der Waals surface area contributed by atoms with E-state index in [4.69, 9.17) is 9.47 Å². The highest BCUT2D eigenvalue weighted by atomic mass is 16.6. The van der Waals surface area contributed by atoms with Crippen LogP contribution in [0, 0.1) is 0 Å². The van der Waals surface area contributed by atoms with Crippen LogP contribution >= 0.6 is 0 Å². The lowest BCUT2D eigenvalue weighted by atomic mass is 9.97. The molecule has 2 aliphatic heterocycles. The summed E-state index contributed by atoms with van der Waals surface area (Å²) in [5.74, 6) is 0.261. The molecule has 1 unspecified atom stereocenters. The van der Waals surface area contributed by atoms with Crippen LogP contribution in [-0.2, 0) is 14.3 Å². The van der Waals surface area contributed by atoms with E-state index in [2.05, 4.69) is 37.6 Å². The number of nitrogens with zero attached hydrogens (tertiary/aromatic N) is 4. The van der Waals surface area contributed by atoms with E-state index in [9.17, 15) is 9.59 Å². The van der Waals surface area contributed by atoms with Crippen LogP contribution in [0.2, 0.25) is 0 Å². The van der Waals surface area contributed by atoms with Crippen LogP contribution in [-0.4, -0.2) is 70.9 Å². The fraction of sp³-hybridized carbons (Fsp3) is 0.419. The lowest BCUT2D eigenvalue weighted by molar-refractivity contribution is -0.125. The zero-order chi connectivity index (χ0) is 29.0. The smallest absolute Gasteiger partial charge is 0.411 e. The average Bonchev–Trinajstić information content (AvgIpc) is 3.37. The zero-order valence-corrected chi connectivity index (χ0v) is 24.1. The molecule has 10 nitrogen and oxygen atoms in total. The van der Waals surface area contributed by atoms with Gasteiger partial charge in [-0.1, -0.05) is 12.1 Å². The van der Waals surface area contributed by atoms with Gasteiger partial charge in [-0.05, 0) is 83.0 Å². The molecule has 2 amide bonds. The number of likely N-dealkylation sites (tertiary alicyclic amines) is 1. The second-order valence-electron chi connectivity index (χ2n) is 11.6. The van der Waals surface area contributed by atoms with Crippen molar-refractivity contribution in [2.75, 3.05) is 48.4 Å². The number of nitrogens with one attached hydrogen (secondary N) is 2. The minimum Gasteiger partial charge on any atom is -0.444 e. The molecule has 1 atom stereocenters. The maximum Gasteiger partial charge on any atom is 0.411 e. The summed E-state index contributed by atoms with van der Waals surface area (Å²) < 4.78 is 11.0. The quantitative estimate of drug-likeness (QED) is 0.411. The third kappa shape index (κ3) is 6.77. The first-order valence-corrected chi connectivity index (χ1v) is 14.1. The summed E-state index contributed by atoms with van der Waals surface area (Å²) in [5, 5.41) is 6.26. The Hall–Kier alpha value is -4.18. The first kappa shape index (κ1) is 28.4. The van der Waals surface area contributed by atoms with Gasteiger partial charge >= 0.3 is 6.09 Å². The molecule has 10 heteroatoms. The Balaban J connectivity index is 1.22. The van der Waals surface area contributed by atoms with Gasteiger partial charge in [0.2, 0.25) is 11.9 Å². The number of carbonyl (C=O) groups is 2. The summed E-state index contributed by atoms with van der Waals surface area (Å²) >= 11 is 0. The van der Waals surface area contributed by atoms with E-state index in [0.29, 0.717) is 24.6 Å². The molecule has 216 valence electrons. The van der Waals surface area contributed by atoms with Gasteiger partial charge < -0.3 is 25.0 Å². The van der Waals surface area contributed by atoms with E-state index >= 15 is 0 Å². The third-order valence-corrected chi connectivity index (χ3v) is 7.34. The van der Waals surface area contributed by atoms with Crippen molar-refractivity contribution in [1.82, 2.24) is 14.9 Å². The summed E-state index contributed by atoms with van der Waals surface area (Å²) in [7, 11) is 0. The molecule has 41 heavy (non-hydrogen) atoms. The predicted octanol–water partition coefficient (Wildman–Crippen LogP) is 5.45. The van der Waals surface area contributed by atoms with E-state index in [-0.39, 0.29) is 5.91 Å². The Morgan fingerprint density at radius 1 is 0.951 bits per heavy atom. The fourth-order valence-corrected chi connectivity index (χ4v) is 5.09. The Kier molecular flexibility index (Phi) is 8.12. The average molecular weight is 559 g/mol. The summed E-state index contributed by atoms with van der Waals surface area (Å²) in [5.41, 5.74) is 2.75. The van der Waals surface area contributed by atoms with Gasteiger partial charge in [-0.15, -0.1) is 0 Å². The minimum absolute atomic E-state index is 0.234. The summed E-state index contributed by atoms with van der Waals surface area (Å²) in [6.45, 7) is 11.0. The van der Waals surface area contributed by atoms with E-state index in [1.165, 1.54) is 10.6 Å². The van der Waals surface area contributed by atoms with Gasteiger partial charge in [0.25, 0.3) is 0 Å². The molecule has 0 spiro atoms. The Morgan fingerprint density at radius 3 is 2.32 bits per heavy atom. The van der Waals surface area contributed by atoms with Crippen molar-refractivity contribution < 1.29 is 19.1 Å². The highest BCUT2D eigenvalue weighted by Gasteiger charge is 2.47. The van der Waals surface area contributed by atoms with Crippen molar-refractivity contribution in [2.24, 2.45) is 0 Å². The Bertz CT molecular complexity index is 1370. The molecule has 5 rings (SSSR count). The molecule has 2 fully saturated rings. The molecule has 2 N–H and O–H groups in total. The van der Waals surface area contributed by atoms with Gasteiger partial charge in [0.05, 0.1) is 18.9 Å². The van der Waals surface area contributed by atoms with Gasteiger partial charge in [-0.25, -0.2) is 14.8 Å². The number of aromatic nitrogens is 2. The molecule has 0 bridgehead atoms. The lowest BCUT2D eigenvalue weighted by Gasteiger charge is -2.35. The minimum atomic E-state index is -0.978. The first-order valence-electron chi connectivity index (χ1n) is 14.1. The topological polar surface area (TPSA) is 109 Å². The van der Waals surface area contributed by atoms with Gasteiger partial charge in [0.15, 0.2) is 0 Å². The standard InChI is InChI=1S/C31H38N6O4/c1-30(2,3)41-29(39)37-17-5-15-31(37,4)27(38)33-23-8-6-22(7-9-23)26-14-16-32-28(35-26)34-24-10-12-25(13-11-24)36-18-20-40-21-19-36/h6-14,16H,5,15,17-21H2,1-4H3,(H,33,38)(H,32,34,35). The second kappa shape index (κ2) is 11.7. The van der Waals surface area contributed by atoms with Gasteiger partial charge in [-0.3, -0.25) is 9.69 Å². The third-order valence-electron chi connectivity index (χ3n) is 7.34. The molecule has 1 aromatic heterocycles. The van der Waals surface area contributed by atoms with Crippen molar-refractivity contribution in [2.45, 2.75) is 51.7 Å². The van der Waals surface area contributed by atoms with Gasteiger partial charge in [-0.2, -0.15) is 0 Å². The highest BCUT2D eigenvalue weighted by molar-refractivity contribution is 6.00. The molecule has 2 saturated heterocycles. The lowest BCUT2D eigenvalue weighted by Crippen LogP contribution is -2.54. The van der Waals surface area contributed by atoms with E-state index in [1.807, 2.05) is 63.2 Å². The van der Waals surface area contributed by atoms with Crippen molar-refractivity contribution in [3.63, 3.8) is 0 Å². The first-order chi connectivity index (χ1) is 19.6. The molecule has 0 saturated carbocycles.